The molecular formula is C25H16F4N2O2. The molecule has 0 aliphatic carbocycles. The van der Waals surface area contributed by atoms with Crippen LogP contribution in [0.1, 0.15) is 11.1 Å². The molecule has 1 unspecified atom stereocenters. The molecule has 4 aromatic carbocycles. The molecule has 0 fully saturated rings. The fourth-order valence-electron chi connectivity index (χ4n) is 4.11. The third-order valence-corrected chi connectivity index (χ3v) is 5.75. The number of nitrogens with zero attached hydrogens (tertiary/aromatic N) is 2. The number of phenolic OH excluding ortho intramolecular Hbond substituents is 1. The van der Waals surface area contributed by atoms with Crippen LogP contribution in [0, 0.1) is 5.82 Å². The van der Waals surface area contributed by atoms with Crippen LogP contribution in [0.25, 0.3) is 27.4 Å². The molecule has 5 rings (SSSR count). The van der Waals surface area contributed by atoms with E-state index in [0.29, 0.717) is 16.6 Å². The van der Waals surface area contributed by atoms with Gasteiger partial charge in [0.2, 0.25) is 5.60 Å². The summed E-state index contributed by atoms with van der Waals surface area (Å²) in [7, 11) is 0. The molecule has 0 bridgehead atoms. The molecule has 33 heavy (non-hydrogen) atoms. The van der Waals surface area contributed by atoms with Gasteiger partial charge in [-0.15, -0.1) is 0 Å². The summed E-state index contributed by atoms with van der Waals surface area (Å²) in [6.07, 6.45) is -3.69. The topological polar surface area (TPSA) is 58.3 Å². The number of benzene rings is 4. The number of hydrogen-bond acceptors (Lipinski definition) is 3. The second-order valence-corrected chi connectivity index (χ2v) is 7.70. The van der Waals surface area contributed by atoms with Crippen molar-refractivity contribution in [3.8, 4) is 11.4 Å². The minimum absolute atomic E-state index is 0.0149. The molecule has 0 amide bonds. The monoisotopic (exact) mass is 452 g/mol. The number of halogens is 4. The van der Waals surface area contributed by atoms with Crippen LogP contribution >= 0.6 is 0 Å². The first kappa shape index (κ1) is 21.0. The minimum Gasteiger partial charge on any atom is -0.508 e. The van der Waals surface area contributed by atoms with Crippen molar-refractivity contribution in [2.24, 2.45) is 0 Å². The second-order valence-electron chi connectivity index (χ2n) is 7.70. The van der Waals surface area contributed by atoms with E-state index in [0.717, 1.165) is 12.1 Å². The van der Waals surface area contributed by atoms with Gasteiger partial charge in [-0.3, -0.25) is 0 Å². The van der Waals surface area contributed by atoms with E-state index in [-0.39, 0.29) is 16.5 Å². The van der Waals surface area contributed by atoms with Crippen LogP contribution < -0.4 is 0 Å². The fourth-order valence-corrected chi connectivity index (χ4v) is 4.11. The number of rotatable bonds is 3. The molecular weight excluding hydrogens is 436 g/mol. The largest absolute Gasteiger partial charge is 0.508 e. The smallest absolute Gasteiger partial charge is 0.425 e. The number of phenols is 1. The van der Waals surface area contributed by atoms with Gasteiger partial charge in [-0.1, -0.05) is 36.4 Å². The Kier molecular flexibility index (Phi) is 4.65. The zero-order chi connectivity index (χ0) is 23.4. The van der Waals surface area contributed by atoms with Gasteiger partial charge in [-0.2, -0.15) is 18.3 Å². The van der Waals surface area contributed by atoms with Crippen LogP contribution in [0.5, 0.6) is 5.75 Å². The fraction of sp³-hybridized carbons (Fsp3) is 0.0800. The lowest BCUT2D eigenvalue weighted by molar-refractivity contribution is -0.247. The van der Waals surface area contributed by atoms with E-state index in [1.165, 1.54) is 65.5 Å². The molecule has 0 saturated heterocycles. The van der Waals surface area contributed by atoms with Gasteiger partial charge in [0.25, 0.3) is 0 Å². The maximum Gasteiger partial charge on any atom is 0.425 e. The van der Waals surface area contributed by atoms with E-state index in [1.807, 2.05) is 0 Å². The van der Waals surface area contributed by atoms with Crippen molar-refractivity contribution in [2.45, 2.75) is 11.8 Å². The highest BCUT2D eigenvalue weighted by Crippen LogP contribution is 2.47. The predicted octanol–water partition coefficient (Wildman–Crippen LogP) is 5.82. The molecule has 0 aliphatic heterocycles. The van der Waals surface area contributed by atoms with Crippen molar-refractivity contribution in [1.29, 1.82) is 0 Å². The highest BCUT2D eigenvalue weighted by Gasteiger charge is 2.57. The zero-order valence-corrected chi connectivity index (χ0v) is 16.9. The molecule has 0 saturated carbocycles. The summed E-state index contributed by atoms with van der Waals surface area (Å²) >= 11 is 0. The Balaban J connectivity index is 1.72. The summed E-state index contributed by atoms with van der Waals surface area (Å²) < 4.78 is 59.0. The van der Waals surface area contributed by atoms with Crippen molar-refractivity contribution < 1.29 is 27.8 Å². The van der Waals surface area contributed by atoms with E-state index in [4.69, 9.17) is 0 Å². The average Bonchev–Trinajstić information content (AvgIpc) is 3.22. The van der Waals surface area contributed by atoms with Crippen molar-refractivity contribution in [3.05, 3.63) is 102 Å². The van der Waals surface area contributed by atoms with Gasteiger partial charge < -0.3 is 10.2 Å². The van der Waals surface area contributed by atoms with Crippen molar-refractivity contribution in [2.75, 3.05) is 0 Å². The normalized spacial score (nSPS) is 14.0. The summed E-state index contributed by atoms with van der Waals surface area (Å²) in [4.78, 5) is 0. The maximum atomic E-state index is 14.4. The quantitative estimate of drug-likeness (QED) is 0.339. The first-order valence-corrected chi connectivity index (χ1v) is 9.94. The van der Waals surface area contributed by atoms with Crippen LogP contribution in [-0.4, -0.2) is 26.2 Å². The minimum atomic E-state index is -5.09. The standard InChI is InChI=1S/C25H16F4N2O2/c26-22-11-10-21(19-3-1-2-4-20(19)22)24(33,25(27,28)29)16-5-12-23-15(13-16)14-30-31(23)17-6-8-18(32)9-7-17/h1-14,32-33H. The second kappa shape index (κ2) is 7.31. The van der Waals surface area contributed by atoms with Crippen molar-refractivity contribution in [3.63, 3.8) is 0 Å². The molecule has 1 aromatic heterocycles. The van der Waals surface area contributed by atoms with E-state index < -0.39 is 28.7 Å². The summed E-state index contributed by atoms with van der Waals surface area (Å²) in [6, 6.07) is 17.7. The molecule has 0 aliphatic rings. The van der Waals surface area contributed by atoms with E-state index in [2.05, 4.69) is 5.10 Å². The van der Waals surface area contributed by atoms with Gasteiger partial charge in [0.1, 0.15) is 11.6 Å². The van der Waals surface area contributed by atoms with Gasteiger partial charge in [0, 0.05) is 16.3 Å². The average molecular weight is 452 g/mol. The molecule has 2 N–H and O–H groups in total. The Bertz CT molecular complexity index is 1490. The molecule has 166 valence electrons. The molecule has 5 aromatic rings. The molecule has 1 atom stereocenters. The molecule has 8 heteroatoms. The third-order valence-electron chi connectivity index (χ3n) is 5.75. The van der Waals surface area contributed by atoms with Crippen LogP contribution in [0.3, 0.4) is 0 Å². The Morgan fingerprint density at radius 2 is 1.52 bits per heavy atom. The Labute approximate surface area is 184 Å². The van der Waals surface area contributed by atoms with Gasteiger partial charge in [-0.25, -0.2) is 9.07 Å². The Morgan fingerprint density at radius 3 is 2.21 bits per heavy atom. The van der Waals surface area contributed by atoms with Gasteiger partial charge in [0.15, 0.2) is 0 Å². The lowest BCUT2D eigenvalue weighted by Crippen LogP contribution is -2.43. The van der Waals surface area contributed by atoms with Crippen molar-refractivity contribution in [1.82, 2.24) is 9.78 Å². The van der Waals surface area contributed by atoms with Gasteiger partial charge >= 0.3 is 6.18 Å². The van der Waals surface area contributed by atoms with Crippen LogP contribution in [0.15, 0.2) is 85.1 Å². The highest BCUT2D eigenvalue weighted by molar-refractivity contribution is 5.88. The third kappa shape index (κ3) is 3.22. The number of fused-ring (bicyclic) bond motifs is 2. The first-order chi connectivity index (χ1) is 15.7. The molecule has 0 spiro atoms. The van der Waals surface area contributed by atoms with Gasteiger partial charge in [-0.05, 0) is 53.4 Å². The highest BCUT2D eigenvalue weighted by atomic mass is 19.4. The summed E-state index contributed by atoms with van der Waals surface area (Å²) in [5.74, 6) is -0.608. The predicted molar refractivity (Wildman–Crippen MR) is 116 cm³/mol. The summed E-state index contributed by atoms with van der Waals surface area (Å²) in [5, 5.41) is 25.2. The Hall–Kier alpha value is -3.91. The number of alkyl halides is 3. The lowest BCUT2D eigenvalue weighted by atomic mass is 9.82. The number of aromatic nitrogens is 2. The van der Waals surface area contributed by atoms with Crippen LogP contribution in [-0.2, 0) is 5.60 Å². The summed E-state index contributed by atoms with van der Waals surface area (Å²) in [6.45, 7) is 0. The number of hydrogen-bond donors (Lipinski definition) is 2. The van der Waals surface area contributed by atoms with Gasteiger partial charge in [0.05, 0.1) is 17.4 Å². The zero-order valence-electron chi connectivity index (χ0n) is 16.9. The van der Waals surface area contributed by atoms with E-state index in [9.17, 15) is 27.8 Å². The van der Waals surface area contributed by atoms with Crippen LogP contribution in [0.4, 0.5) is 17.6 Å². The molecule has 4 nitrogen and oxygen atoms in total. The maximum absolute atomic E-state index is 14.4. The SMILES string of the molecule is Oc1ccc(-n2ncc3cc(C(O)(c4ccc(F)c5ccccc45)C(F)(F)F)ccc32)cc1. The molecule has 1 heterocycles. The number of aliphatic hydroxyl groups is 1. The first-order valence-electron chi connectivity index (χ1n) is 9.94. The van der Waals surface area contributed by atoms with E-state index >= 15 is 0 Å². The van der Waals surface area contributed by atoms with E-state index in [1.54, 1.807) is 12.1 Å². The van der Waals surface area contributed by atoms with Crippen molar-refractivity contribution >= 4 is 21.7 Å². The number of aromatic hydroxyl groups is 1. The molecule has 0 radical (unpaired) electrons. The van der Waals surface area contributed by atoms with Crippen LogP contribution in [0.2, 0.25) is 0 Å². The Morgan fingerprint density at radius 1 is 0.818 bits per heavy atom. The summed E-state index contributed by atoms with van der Waals surface area (Å²) in [5.41, 5.74) is -3.14. The lowest BCUT2D eigenvalue weighted by Gasteiger charge is -2.32.